The molecule has 0 bridgehead atoms. The van der Waals surface area contributed by atoms with Gasteiger partial charge in [0.1, 0.15) is 11.9 Å². The fourth-order valence-corrected chi connectivity index (χ4v) is 3.32. The zero-order valence-corrected chi connectivity index (χ0v) is 14.9. The largest absolute Gasteiger partial charge is 0.488 e. The molecule has 3 aromatic carbocycles. The van der Waals surface area contributed by atoms with Gasteiger partial charge in [-0.15, -0.1) is 0 Å². The van der Waals surface area contributed by atoms with E-state index in [1.165, 1.54) is 7.11 Å². The first-order valence-electron chi connectivity index (χ1n) is 8.79. The Kier molecular flexibility index (Phi) is 4.50. The molecule has 0 saturated heterocycles. The van der Waals surface area contributed by atoms with Crippen LogP contribution in [0.1, 0.15) is 26.3 Å². The molecular formula is C22H19NO4. The Morgan fingerprint density at radius 3 is 2.63 bits per heavy atom. The number of carbonyl (C=O) groups excluding carboxylic acids is 2. The van der Waals surface area contributed by atoms with Gasteiger partial charge in [0.05, 0.1) is 19.2 Å². The smallest absolute Gasteiger partial charge is 0.337 e. The lowest BCUT2D eigenvalue weighted by Gasteiger charge is -2.12. The van der Waals surface area contributed by atoms with E-state index in [9.17, 15) is 9.59 Å². The molecule has 0 aromatic heterocycles. The summed E-state index contributed by atoms with van der Waals surface area (Å²) in [5.41, 5.74) is 2.07. The van der Waals surface area contributed by atoms with Gasteiger partial charge in [0, 0.05) is 12.0 Å². The first kappa shape index (κ1) is 17.1. The van der Waals surface area contributed by atoms with Crippen molar-refractivity contribution >= 4 is 22.6 Å². The highest BCUT2D eigenvalue weighted by Gasteiger charge is 2.24. The number of benzene rings is 3. The van der Waals surface area contributed by atoms with Crippen molar-refractivity contribution in [3.63, 3.8) is 0 Å². The molecule has 0 spiro atoms. The van der Waals surface area contributed by atoms with E-state index in [0.717, 1.165) is 22.1 Å². The van der Waals surface area contributed by atoms with Crippen molar-refractivity contribution in [3.8, 4) is 5.75 Å². The van der Waals surface area contributed by atoms with Crippen LogP contribution in [0.15, 0.2) is 60.7 Å². The summed E-state index contributed by atoms with van der Waals surface area (Å²) in [6, 6.07) is 18.8. The van der Waals surface area contributed by atoms with E-state index in [1.54, 1.807) is 18.2 Å². The number of amides is 1. The predicted octanol–water partition coefficient (Wildman–Crippen LogP) is 3.36. The first-order valence-corrected chi connectivity index (χ1v) is 8.79. The standard InChI is InChI=1S/C22H19NO4/c1-26-22(25)17-8-9-20-18(11-17)12-19(27-20)13-23-21(24)16-7-6-14-4-2-3-5-15(14)10-16/h2-11,19H,12-13H2,1H3,(H,23,24)/t19-/m0/s1. The maximum atomic E-state index is 12.5. The zero-order valence-electron chi connectivity index (χ0n) is 14.9. The molecule has 1 N–H and O–H groups in total. The molecule has 0 aliphatic carbocycles. The van der Waals surface area contributed by atoms with E-state index in [0.29, 0.717) is 24.1 Å². The van der Waals surface area contributed by atoms with E-state index in [-0.39, 0.29) is 18.0 Å². The van der Waals surface area contributed by atoms with Crippen molar-refractivity contribution < 1.29 is 19.1 Å². The average molecular weight is 361 g/mol. The van der Waals surface area contributed by atoms with Crippen molar-refractivity contribution in [2.75, 3.05) is 13.7 Å². The van der Waals surface area contributed by atoms with Crippen LogP contribution in [0.3, 0.4) is 0 Å². The third-order valence-corrected chi connectivity index (χ3v) is 4.72. The molecule has 3 aromatic rings. The number of carbonyl (C=O) groups is 2. The van der Waals surface area contributed by atoms with Gasteiger partial charge in [-0.25, -0.2) is 4.79 Å². The Morgan fingerprint density at radius 1 is 1.04 bits per heavy atom. The van der Waals surface area contributed by atoms with Crippen LogP contribution in [-0.2, 0) is 11.2 Å². The summed E-state index contributed by atoms with van der Waals surface area (Å²) < 4.78 is 10.6. The van der Waals surface area contributed by atoms with E-state index >= 15 is 0 Å². The van der Waals surface area contributed by atoms with Crippen LogP contribution in [0.5, 0.6) is 5.75 Å². The summed E-state index contributed by atoms with van der Waals surface area (Å²) in [6.45, 7) is 0.397. The summed E-state index contributed by atoms with van der Waals surface area (Å²) in [7, 11) is 1.36. The van der Waals surface area contributed by atoms with Crippen LogP contribution in [0, 0.1) is 0 Å². The fraction of sp³-hybridized carbons (Fsp3) is 0.182. The third-order valence-electron chi connectivity index (χ3n) is 4.72. The van der Waals surface area contributed by atoms with Crippen molar-refractivity contribution in [2.45, 2.75) is 12.5 Å². The molecule has 27 heavy (non-hydrogen) atoms. The predicted molar refractivity (Wildman–Crippen MR) is 102 cm³/mol. The van der Waals surface area contributed by atoms with Gasteiger partial charge in [-0.1, -0.05) is 30.3 Å². The van der Waals surface area contributed by atoms with Gasteiger partial charge >= 0.3 is 5.97 Å². The summed E-state index contributed by atoms with van der Waals surface area (Å²) in [6.07, 6.45) is 0.482. The van der Waals surface area contributed by atoms with E-state index < -0.39 is 0 Å². The van der Waals surface area contributed by atoms with E-state index in [4.69, 9.17) is 9.47 Å². The van der Waals surface area contributed by atoms with Crippen LogP contribution in [0.25, 0.3) is 10.8 Å². The van der Waals surface area contributed by atoms with Gasteiger partial charge < -0.3 is 14.8 Å². The number of esters is 1. The lowest BCUT2D eigenvalue weighted by molar-refractivity contribution is 0.0600. The second kappa shape index (κ2) is 7.11. The molecule has 1 heterocycles. The quantitative estimate of drug-likeness (QED) is 0.724. The molecule has 0 fully saturated rings. The Bertz CT molecular complexity index is 1030. The van der Waals surface area contributed by atoms with Crippen molar-refractivity contribution in [1.29, 1.82) is 0 Å². The second-order valence-electron chi connectivity index (χ2n) is 6.53. The van der Waals surface area contributed by atoms with Gasteiger partial charge in [0.15, 0.2) is 0 Å². The van der Waals surface area contributed by atoms with Crippen LogP contribution >= 0.6 is 0 Å². The SMILES string of the molecule is COC(=O)c1ccc2c(c1)C[C@@H](CNC(=O)c1ccc3ccccc3c1)O2. The topological polar surface area (TPSA) is 64.6 Å². The van der Waals surface area contributed by atoms with Crippen molar-refractivity contribution in [2.24, 2.45) is 0 Å². The summed E-state index contributed by atoms with van der Waals surface area (Å²) in [5.74, 6) is 0.244. The lowest BCUT2D eigenvalue weighted by atomic mass is 10.1. The fourth-order valence-electron chi connectivity index (χ4n) is 3.32. The normalized spacial score (nSPS) is 15.1. The average Bonchev–Trinajstić information content (AvgIpc) is 3.13. The number of fused-ring (bicyclic) bond motifs is 2. The molecule has 1 atom stereocenters. The van der Waals surface area contributed by atoms with Gasteiger partial charge in [-0.2, -0.15) is 0 Å². The maximum absolute atomic E-state index is 12.5. The summed E-state index contributed by atoms with van der Waals surface area (Å²) in [4.78, 5) is 24.1. The minimum atomic E-state index is -0.370. The van der Waals surface area contributed by atoms with E-state index in [1.807, 2.05) is 42.5 Å². The molecule has 0 saturated carbocycles. The second-order valence-corrected chi connectivity index (χ2v) is 6.53. The van der Waals surface area contributed by atoms with Crippen LogP contribution < -0.4 is 10.1 Å². The van der Waals surface area contributed by atoms with Gasteiger partial charge in [-0.05, 0) is 46.7 Å². The summed E-state index contributed by atoms with van der Waals surface area (Å²) >= 11 is 0. The molecule has 1 aliphatic rings. The zero-order chi connectivity index (χ0) is 18.8. The van der Waals surface area contributed by atoms with Crippen LogP contribution in [-0.4, -0.2) is 31.6 Å². The summed E-state index contributed by atoms with van der Waals surface area (Å²) in [5, 5.41) is 5.07. The highest BCUT2D eigenvalue weighted by molar-refractivity contribution is 5.98. The third kappa shape index (κ3) is 3.49. The molecular weight excluding hydrogens is 342 g/mol. The Hall–Kier alpha value is -3.34. The molecule has 1 aliphatic heterocycles. The number of hydrogen-bond donors (Lipinski definition) is 1. The Labute approximate surface area is 156 Å². The number of ether oxygens (including phenoxy) is 2. The van der Waals surface area contributed by atoms with Gasteiger partial charge in [0.2, 0.25) is 0 Å². The maximum Gasteiger partial charge on any atom is 0.337 e. The van der Waals surface area contributed by atoms with Crippen LogP contribution in [0.4, 0.5) is 0 Å². The highest BCUT2D eigenvalue weighted by atomic mass is 16.5. The molecule has 136 valence electrons. The molecule has 0 radical (unpaired) electrons. The molecule has 5 nitrogen and oxygen atoms in total. The molecule has 4 rings (SSSR count). The van der Waals surface area contributed by atoms with Crippen molar-refractivity contribution in [1.82, 2.24) is 5.32 Å². The Balaban J connectivity index is 1.40. The van der Waals surface area contributed by atoms with Gasteiger partial charge in [0.25, 0.3) is 5.91 Å². The highest BCUT2D eigenvalue weighted by Crippen LogP contribution is 2.29. The number of hydrogen-bond acceptors (Lipinski definition) is 4. The minimum absolute atomic E-state index is 0.129. The molecule has 1 amide bonds. The number of rotatable bonds is 4. The molecule has 0 unspecified atom stereocenters. The van der Waals surface area contributed by atoms with Crippen molar-refractivity contribution in [3.05, 3.63) is 77.4 Å². The van der Waals surface area contributed by atoms with E-state index in [2.05, 4.69) is 5.32 Å². The Morgan fingerprint density at radius 2 is 1.81 bits per heavy atom. The minimum Gasteiger partial charge on any atom is -0.488 e. The number of methoxy groups -OCH3 is 1. The van der Waals surface area contributed by atoms with Crippen LogP contribution in [0.2, 0.25) is 0 Å². The first-order chi connectivity index (χ1) is 13.1. The monoisotopic (exact) mass is 361 g/mol. The molecule has 5 heteroatoms. The van der Waals surface area contributed by atoms with Gasteiger partial charge in [-0.3, -0.25) is 4.79 Å². The lowest BCUT2D eigenvalue weighted by Crippen LogP contribution is -2.34. The number of nitrogens with one attached hydrogen (secondary N) is 1.